The Kier molecular flexibility index (Phi) is 4.12. The number of nitrogens with zero attached hydrogens (tertiary/aromatic N) is 2. The Labute approximate surface area is 116 Å². The van der Waals surface area contributed by atoms with Crippen molar-refractivity contribution in [2.45, 2.75) is 53.4 Å². The van der Waals surface area contributed by atoms with Crippen molar-refractivity contribution in [3.63, 3.8) is 0 Å². The van der Waals surface area contributed by atoms with Crippen molar-refractivity contribution in [2.24, 2.45) is 24.8 Å². The summed E-state index contributed by atoms with van der Waals surface area (Å²) < 4.78 is 1.88. The molecule has 0 saturated heterocycles. The van der Waals surface area contributed by atoms with Crippen LogP contribution in [-0.4, -0.2) is 15.6 Å². The predicted octanol–water partition coefficient (Wildman–Crippen LogP) is 3.22. The van der Waals surface area contributed by atoms with Gasteiger partial charge in [-0.05, 0) is 44.9 Å². The van der Waals surface area contributed by atoms with Crippen molar-refractivity contribution in [3.05, 3.63) is 17.0 Å². The fourth-order valence-electron chi connectivity index (χ4n) is 3.60. The van der Waals surface area contributed by atoms with E-state index in [-0.39, 0.29) is 5.92 Å². The Morgan fingerprint density at radius 2 is 1.79 bits per heavy atom. The quantitative estimate of drug-likeness (QED) is 0.838. The first-order chi connectivity index (χ1) is 8.88. The van der Waals surface area contributed by atoms with E-state index in [2.05, 4.69) is 25.9 Å². The molecule has 19 heavy (non-hydrogen) atoms. The number of carbonyl (C=O) groups is 1. The van der Waals surface area contributed by atoms with E-state index >= 15 is 0 Å². The van der Waals surface area contributed by atoms with Crippen LogP contribution in [-0.2, 0) is 18.3 Å². The normalized spacial score (nSPS) is 27.5. The zero-order valence-corrected chi connectivity index (χ0v) is 12.9. The third-order valence-corrected chi connectivity index (χ3v) is 4.64. The number of hydrogen-bond donors (Lipinski definition) is 0. The van der Waals surface area contributed by atoms with E-state index < -0.39 is 0 Å². The molecule has 1 aromatic rings. The molecule has 1 saturated carbocycles. The molecule has 0 N–H and O–H groups in total. The number of aromatic nitrogens is 2. The number of Topliss-reactive ketones (excluding diaryl/α,β-unsaturated/α-hetero) is 1. The van der Waals surface area contributed by atoms with Gasteiger partial charge < -0.3 is 0 Å². The van der Waals surface area contributed by atoms with Crippen molar-refractivity contribution in [3.8, 4) is 0 Å². The standard InChI is InChI=1S/C16H26N2O/c1-10-6-11(2)8-14(7-10)16(19)9-15-12(3)17-18(5)13(15)4/h10-11,14H,6-9H2,1-5H3. The van der Waals surface area contributed by atoms with E-state index in [1.165, 1.54) is 6.42 Å². The maximum absolute atomic E-state index is 12.5. The third kappa shape index (κ3) is 3.07. The molecule has 3 nitrogen and oxygen atoms in total. The Morgan fingerprint density at radius 3 is 2.26 bits per heavy atom. The van der Waals surface area contributed by atoms with Crippen LogP contribution in [0.5, 0.6) is 0 Å². The Balaban J connectivity index is 2.08. The molecule has 1 aliphatic carbocycles. The lowest BCUT2D eigenvalue weighted by Crippen LogP contribution is -2.27. The molecule has 0 aromatic carbocycles. The van der Waals surface area contributed by atoms with Crippen LogP contribution in [0.4, 0.5) is 0 Å². The molecule has 0 bridgehead atoms. The molecular formula is C16H26N2O. The predicted molar refractivity (Wildman–Crippen MR) is 77.1 cm³/mol. The van der Waals surface area contributed by atoms with Crippen LogP contribution in [0.2, 0.25) is 0 Å². The highest BCUT2D eigenvalue weighted by Crippen LogP contribution is 2.34. The maximum atomic E-state index is 12.5. The number of hydrogen-bond acceptors (Lipinski definition) is 2. The molecule has 1 fully saturated rings. The Morgan fingerprint density at radius 1 is 1.21 bits per heavy atom. The van der Waals surface area contributed by atoms with Gasteiger partial charge in [0.05, 0.1) is 5.69 Å². The van der Waals surface area contributed by atoms with Crippen molar-refractivity contribution in [1.29, 1.82) is 0 Å². The minimum atomic E-state index is 0.262. The van der Waals surface area contributed by atoms with Crippen molar-refractivity contribution < 1.29 is 4.79 Å². The average Bonchev–Trinajstić information content (AvgIpc) is 2.54. The van der Waals surface area contributed by atoms with Crippen LogP contribution in [0.1, 0.15) is 50.1 Å². The smallest absolute Gasteiger partial charge is 0.140 e. The summed E-state index contributed by atoms with van der Waals surface area (Å²) in [5.41, 5.74) is 3.27. The minimum Gasteiger partial charge on any atom is -0.299 e. The zero-order valence-electron chi connectivity index (χ0n) is 12.9. The number of ketones is 1. The van der Waals surface area contributed by atoms with Gasteiger partial charge in [0.25, 0.3) is 0 Å². The van der Waals surface area contributed by atoms with Crippen LogP contribution in [0, 0.1) is 31.6 Å². The molecule has 3 heteroatoms. The van der Waals surface area contributed by atoms with Gasteiger partial charge in [-0.2, -0.15) is 5.10 Å². The minimum absolute atomic E-state index is 0.262. The number of aryl methyl sites for hydroxylation is 2. The van der Waals surface area contributed by atoms with Crippen LogP contribution >= 0.6 is 0 Å². The van der Waals surface area contributed by atoms with Gasteiger partial charge >= 0.3 is 0 Å². The molecule has 1 aromatic heterocycles. The van der Waals surface area contributed by atoms with Crippen LogP contribution < -0.4 is 0 Å². The van der Waals surface area contributed by atoms with Crippen LogP contribution in [0.15, 0.2) is 0 Å². The van der Waals surface area contributed by atoms with Crippen molar-refractivity contribution >= 4 is 5.78 Å². The van der Waals surface area contributed by atoms with Gasteiger partial charge in [-0.15, -0.1) is 0 Å². The van der Waals surface area contributed by atoms with Gasteiger partial charge in [0, 0.05) is 30.6 Å². The van der Waals surface area contributed by atoms with Crippen LogP contribution in [0.25, 0.3) is 0 Å². The fourth-order valence-corrected chi connectivity index (χ4v) is 3.60. The molecule has 1 aliphatic rings. The summed E-state index contributed by atoms with van der Waals surface area (Å²) in [6.07, 6.45) is 3.98. The molecule has 1 heterocycles. The van der Waals surface area contributed by atoms with Gasteiger partial charge in [0.15, 0.2) is 0 Å². The molecule has 0 radical (unpaired) electrons. The third-order valence-electron chi connectivity index (χ3n) is 4.64. The summed E-state index contributed by atoms with van der Waals surface area (Å²) in [6, 6.07) is 0. The summed E-state index contributed by atoms with van der Waals surface area (Å²) in [7, 11) is 1.95. The topological polar surface area (TPSA) is 34.9 Å². The molecule has 2 rings (SSSR count). The first-order valence-corrected chi connectivity index (χ1v) is 7.40. The Bertz CT molecular complexity index is 465. The monoisotopic (exact) mass is 262 g/mol. The van der Waals surface area contributed by atoms with Crippen molar-refractivity contribution in [2.75, 3.05) is 0 Å². The largest absolute Gasteiger partial charge is 0.299 e. The lowest BCUT2D eigenvalue weighted by Gasteiger charge is -2.30. The first-order valence-electron chi connectivity index (χ1n) is 7.40. The molecular weight excluding hydrogens is 236 g/mol. The first kappa shape index (κ1) is 14.3. The van der Waals surface area contributed by atoms with E-state index in [1.54, 1.807) is 0 Å². The van der Waals surface area contributed by atoms with Gasteiger partial charge in [0.2, 0.25) is 0 Å². The van der Waals surface area contributed by atoms with Gasteiger partial charge in [-0.1, -0.05) is 13.8 Å². The molecule has 2 atom stereocenters. The fraction of sp³-hybridized carbons (Fsp3) is 0.750. The van der Waals surface area contributed by atoms with E-state index in [4.69, 9.17) is 0 Å². The SMILES string of the molecule is Cc1nn(C)c(C)c1CC(=O)C1CC(C)CC(C)C1. The van der Waals surface area contributed by atoms with Gasteiger partial charge in [-0.25, -0.2) is 0 Å². The summed E-state index contributed by atoms with van der Waals surface area (Å²) in [6.45, 7) is 8.60. The van der Waals surface area contributed by atoms with Gasteiger partial charge in [0.1, 0.15) is 5.78 Å². The number of rotatable bonds is 3. The van der Waals surface area contributed by atoms with Crippen molar-refractivity contribution in [1.82, 2.24) is 9.78 Å². The van der Waals surface area contributed by atoms with E-state index in [9.17, 15) is 4.79 Å². The van der Waals surface area contributed by atoms with E-state index in [0.29, 0.717) is 24.0 Å². The molecule has 0 spiro atoms. The summed E-state index contributed by atoms with van der Waals surface area (Å²) in [5.74, 6) is 2.05. The zero-order chi connectivity index (χ0) is 14.2. The average molecular weight is 262 g/mol. The number of carbonyl (C=O) groups excluding carboxylic acids is 1. The Hall–Kier alpha value is -1.12. The second-order valence-electron chi connectivity index (χ2n) is 6.53. The molecule has 0 aliphatic heterocycles. The molecule has 106 valence electrons. The maximum Gasteiger partial charge on any atom is 0.140 e. The molecule has 2 unspecified atom stereocenters. The lowest BCUT2D eigenvalue weighted by atomic mass is 9.74. The van der Waals surface area contributed by atoms with E-state index in [0.717, 1.165) is 29.8 Å². The highest BCUT2D eigenvalue weighted by molar-refractivity contribution is 5.83. The summed E-state index contributed by atoms with van der Waals surface area (Å²) >= 11 is 0. The second-order valence-corrected chi connectivity index (χ2v) is 6.53. The highest BCUT2D eigenvalue weighted by Gasteiger charge is 2.29. The summed E-state index contributed by atoms with van der Waals surface area (Å²) in [5, 5.41) is 4.40. The van der Waals surface area contributed by atoms with E-state index in [1.807, 2.05) is 18.7 Å². The highest BCUT2D eigenvalue weighted by atomic mass is 16.1. The van der Waals surface area contributed by atoms with Gasteiger partial charge in [-0.3, -0.25) is 9.48 Å². The summed E-state index contributed by atoms with van der Waals surface area (Å²) in [4.78, 5) is 12.5. The molecule has 0 amide bonds. The lowest BCUT2D eigenvalue weighted by molar-refractivity contribution is -0.124. The van der Waals surface area contributed by atoms with Crippen LogP contribution in [0.3, 0.4) is 0 Å². The second kappa shape index (κ2) is 5.48.